The molecule has 0 bridgehead atoms. The number of aromatic nitrogens is 2. The van der Waals surface area contributed by atoms with Crippen molar-refractivity contribution >= 4 is 0 Å². The summed E-state index contributed by atoms with van der Waals surface area (Å²) in [5.41, 5.74) is 9.67. The zero-order chi connectivity index (χ0) is 14.0. The van der Waals surface area contributed by atoms with Crippen molar-refractivity contribution in [1.82, 2.24) is 9.78 Å². The molecule has 1 atom stereocenters. The summed E-state index contributed by atoms with van der Waals surface area (Å²) in [5.74, 6) is 0. The number of hydrogen-bond donors (Lipinski definition) is 1. The number of benzene rings is 1. The van der Waals surface area contributed by atoms with Gasteiger partial charge in [-0.2, -0.15) is 5.10 Å². The van der Waals surface area contributed by atoms with Crippen molar-refractivity contribution < 1.29 is 0 Å². The van der Waals surface area contributed by atoms with Gasteiger partial charge in [0, 0.05) is 18.2 Å². The standard InChI is InChI=1S/C15H19N3O/c1-10-4-5-11(2)13(8-10)14-6-7-15(19)18(17-14)12(3)9-16/h4-8,12H,9,16H2,1-3H3. The Labute approximate surface area is 112 Å². The van der Waals surface area contributed by atoms with Crippen LogP contribution in [0.5, 0.6) is 0 Å². The van der Waals surface area contributed by atoms with Gasteiger partial charge in [0.15, 0.2) is 0 Å². The molecule has 0 amide bonds. The summed E-state index contributed by atoms with van der Waals surface area (Å²) in [6.07, 6.45) is 0. The Morgan fingerprint density at radius 2 is 2.00 bits per heavy atom. The quantitative estimate of drug-likeness (QED) is 0.915. The highest BCUT2D eigenvalue weighted by molar-refractivity contribution is 5.63. The number of aryl methyl sites for hydroxylation is 2. The minimum atomic E-state index is -0.119. The molecule has 1 heterocycles. The van der Waals surface area contributed by atoms with E-state index in [4.69, 9.17) is 5.73 Å². The minimum Gasteiger partial charge on any atom is -0.328 e. The van der Waals surface area contributed by atoms with Gasteiger partial charge in [0.05, 0.1) is 11.7 Å². The summed E-state index contributed by atoms with van der Waals surface area (Å²) in [5, 5.41) is 4.44. The first-order chi connectivity index (χ1) is 9.02. The van der Waals surface area contributed by atoms with Crippen LogP contribution in [-0.4, -0.2) is 16.3 Å². The molecule has 0 aliphatic rings. The molecule has 0 aliphatic carbocycles. The number of rotatable bonds is 3. The Hall–Kier alpha value is -1.94. The van der Waals surface area contributed by atoms with Crippen LogP contribution in [0.3, 0.4) is 0 Å². The lowest BCUT2D eigenvalue weighted by Crippen LogP contribution is -2.29. The van der Waals surface area contributed by atoms with Gasteiger partial charge in [0.1, 0.15) is 0 Å². The fourth-order valence-corrected chi connectivity index (χ4v) is 2.00. The van der Waals surface area contributed by atoms with E-state index in [0.717, 1.165) is 16.8 Å². The van der Waals surface area contributed by atoms with Crippen molar-refractivity contribution in [3.05, 3.63) is 51.8 Å². The maximum absolute atomic E-state index is 11.8. The first-order valence-electron chi connectivity index (χ1n) is 6.40. The van der Waals surface area contributed by atoms with Crippen molar-refractivity contribution in [2.75, 3.05) is 6.54 Å². The Kier molecular flexibility index (Phi) is 3.81. The molecule has 2 rings (SSSR count). The van der Waals surface area contributed by atoms with Crippen LogP contribution in [-0.2, 0) is 0 Å². The van der Waals surface area contributed by atoms with E-state index < -0.39 is 0 Å². The van der Waals surface area contributed by atoms with E-state index >= 15 is 0 Å². The summed E-state index contributed by atoms with van der Waals surface area (Å²) in [7, 11) is 0. The molecule has 4 nitrogen and oxygen atoms in total. The van der Waals surface area contributed by atoms with Gasteiger partial charge in [-0.05, 0) is 38.5 Å². The average molecular weight is 257 g/mol. The molecule has 0 saturated heterocycles. The number of nitrogens with zero attached hydrogens (tertiary/aromatic N) is 2. The van der Waals surface area contributed by atoms with Crippen LogP contribution < -0.4 is 11.3 Å². The highest BCUT2D eigenvalue weighted by Crippen LogP contribution is 2.22. The van der Waals surface area contributed by atoms with Crippen molar-refractivity contribution in [2.45, 2.75) is 26.8 Å². The lowest BCUT2D eigenvalue weighted by molar-refractivity contribution is 0.477. The molecule has 100 valence electrons. The molecule has 1 aromatic heterocycles. The van der Waals surface area contributed by atoms with Crippen LogP contribution >= 0.6 is 0 Å². The molecule has 2 N–H and O–H groups in total. The molecule has 2 aromatic rings. The smallest absolute Gasteiger partial charge is 0.267 e. The van der Waals surface area contributed by atoms with Crippen LogP contribution in [0.1, 0.15) is 24.1 Å². The van der Waals surface area contributed by atoms with Crippen molar-refractivity contribution in [3.8, 4) is 11.3 Å². The van der Waals surface area contributed by atoms with Crippen molar-refractivity contribution in [2.24, 2.45) is 5.73 Å². The van der Waals surface area contributed by atoms with E-state index in [2.05, 4.69) is 23.3 Å². The highest BCUT2D eigenvalue weighted by Gasteiger charge is 2.10. The normalized spacial score (nSPS) is 12.4. The van der Waals surface area contributed by atoms with Crippen LogP contribution in [0, 0.1) is 13.8 Å². The molecule has 19 heavy (non-hydrogen) atoms. The Morgan fingerprint density at radius 3 is 2.68 bits per heavy atom. The lowest BCUT2D eigenvalue weighted by atomic mass is 10.0. The van der Waals surface area contributed by atoms with Gasteiger partial charge in [-0.25, -0.2) is 4.68 Å². The van der Waals surface area contributed by atoms with E-state index in [1.165, 1.54) is 10.2 Å². The second-order valence-electron chi connectivity index (χ2n) is 4.90. The Balaban J connectivity index is 2.57. The third-order valence-electron chi connectivity index (χ3n) is 3.25. The van der Waals surface area contributed by atoms with Gasteiger partial charge < -0.3 is 5.73 Å². The van der Waals surface area contributed by atoms with E-state index in [1.54, 1.807) is 12.1 Å². The van der Waals surface area contributed by atoms with E-state index in [1.807, 2.05) is 20.8 Å². The van der Waals surface area contributed by atoms with Gasteiger partial charge in [-0.15, -0.1) is 0 Å². The predicted octanol–water partition coefficient (Wildman–Crippen LogP) is 2.05. The maximum atomic E-state index is 11.8. The van der Waals surface area contributed by atoms with Gasteiger partial charge in [-0.3, -0.25) is 4.79 Å². The van der Waals surface area contributed by atoms with E-state index in [9.17, 15) is 4.79 Å². The van der Waals surface area contributed by atoms with E-state index in [0.29, 0.717) is 6.54 Å². The van der Waals surface area contributed by atoms with Crippen LogP contribution in [0.2, 0.25) is 0 Å². The molecular weight excluding hydrogens is 238 g/mol. The lowest BCUT2D eigenvalue weighted by Gasteiger charge is -2.13. The molecule has 1 aromatic carbocycles. The van der Waals surface area contributed by atoms with Crippen LogP contribution in [0.25, 0.3) is 11.3 Å². The first kappa shape index (κ1) is 13.5. The SMILES string of the molecule is Cc1ccc(C)c(-c2ccc(=O)n(C(C)CN)n2)c1. The maximum Gasteiger partial charge on any atom is 0.267 e. The predicted molar refractivity (Wildman–Crippen MR) is 77.2 cm³/mol. The monoisotopic (exact) mass is 257 g/mol. The zero-order valence-electron chi connectivity index (χ0n) is 11.6. The van der Waals surface area contributed by atoms with Gasteiger partial charge in [-0.1, -0.05) is 17.7 Å². The highest BCUT2D eigenvalue weighted by atomic mass is 16.1. The molecule has 4 heteroatoms. The topological polar surface area (TPSA) is 60.9 Å². The third-order valence-corrected chi connectivity index (χ3v) is 3.25. The summed E-state index contributed by atoms with van der Waals surface area (Å²) in [6, 6.07) is 9.43. The summed E-state index contributed by atoms with van der Waals surface area (Å²) < 4.78 is 1.46. The summed E-state index contributed by atoms with van der Waals surface area (Å²) in [4.78, 5) is 11.8. The second-order valence-corrected chi connectivity index (χ2v) is 4.90. The molecular formula is C15H19N3O. The van der Waals surface area contributed by atoms with Crippen LogP contribution in [0.15, 0.2) is 35.1 Å². The van der Waals surface area contributed by atoms with Gasteiger partial charge in [0.25, 0.3) is 5.56 Å². The van der Waals surface area contributed by atoms with Crippen molar-refractivity contribution in [1.29, 1.82) is 0 Å². The average Bonchev–Trinajstić information content (AvgIpc) is 2.41. The van der Waals surface area contributed by atoms with Crippen molar-refractivity contribution in [3.63, 3.8) is 0 Å². The van der Waals surface area contributed by atoms with Crippen LogP contribution in [0.4, 0.5) is 0 Å². The molecule has 0 aliphatic heterocycles. The fraction of sp³-hybridized carbons (Fsp3) is 0.333. The molecule has 0 fully saturated rings. The van der Waals surface area contributed by atoms with Gasteiger partial charge in [0.2, 0.25) is 0 Å². The number of nitrogens with two attached hydrogens (primary N) is 1. The molecule has 0 radical (unpaired) electrons. The largest absolute Gasteiger partial charge is 0.328 e. The Bertz CT molecular complexity index is 646. The zero-order valence-corrected chi connectivity index (χ0v) is 11.6. The minimum absolute atomic E-state index is 0.0995. The Morgan fingerprint density at radius 1 is 1.26 bits per heavy atom. The molecule has 1 unspecified atom stereocenters. The molecule has 0 saturated carbocycles. The summed E-state index contributed by atoms with van der Waals surface area (Å²) in [6.45, 7) is 6.37. The second kappa shape index (κ2) is 5.36. The van der Waals surface area contributed by atoms with Gasteiger partial charge >= 0.3 is 0 Å². The summed E-state index contributed by atoms with van der Waals surface area (Å²) >= 11 is 0. The number of hydrogen-bond acceptors (Lipinski definition) is 3. The first-order valence-corrected chi connectivity index (χ1v) is 6.40. The van der Waals surface area contributed by atoms with E-state index in [-0.39, 0.29) is 11.6 Å². The molecule has 0 spiro atoms. The fourth-order valence-electron chi connectivity index (χ4n) is 2.00. The third kappa shape index (κ3) is 2.74.